The fourth-order valence-corrected chi connectivity index (χ4v) is 3.08. The van der Waals surface area contributed by atoms with Crippen molar-refractivity contribution in [2.75, 3.05) is 11.9 Å². The van der Waals surface area contributed by atoms with Gasteiger partial charge in [-0.1, -0.05) is 17.7 Å². The second kappa shape index (κ2) is 5.65. The third-order valence-electron chi connectivity index (χ3n) is 4.09. The quantitative estimate of drug-likeness (QED) is 0.752. The number of halogens is 1. The standard InChI is InChI=1S/C17H13ClN4O2/c18-10-4-5-11-12(7-10)13(8-20-16(11)23)17(24)21-15-9-19-14-3-1-2-6-22(14)15/h1-7,9,13H,8H2,(H,20,23)(H,21,24). The van der Waals surface area contributed by atoms with Crippen LogP contribution in [-0.4, -0.2) is 27.7 Å². The fourth-order valence-electron chi connectivity index (χ4n) is 2.90. The van der Waals surface area contributed by atoms with E-state index in [0.29, 0.717) is 22.0 Å². The first kappa shape index (κ1) is 14.7. The van der Waals surface area contributed by atoms with Gasteiger partial charge in [0.1, 0.15) is 11.5 Å². The number of aromatic nitrogens is 2. The molecule has 1 atom stereocenters. The summed E-state index contributed by atoms with van der Waals surface area (Å²) in [6, 6.07) is 10.6. The molecule has 1 unspecified atom stereocenters. The number of fused-ring (bicyclic) bond motifs is 2. The molecule has 2 N–H and O–H groups in total. The van der Waals surface area contributed by atoms with Gasteiger partial charge in [0.15, 0.2) is 0 Å². The molecule has 3 heterocycles. The third kappa shape index (κ3) is 2.41. The normalized spacial score (nSPS) is 16.5. The van der Waals surface area contributed by atoms with Crippen molar-refractivity contribution in [2.24, 2.45) is 0 Å². The van der Waals surface area contributed by atoms with Crippen LogP contribution in [0.1, 0.15) is 21.8 Å². The van der Waals surface area contributed by atoms with Crippen molar-refractivity contribution in [3.05, 3.63) is 64.9 Å². The molecule has 2 amide bonds. The van der Waals surface area contributed by atoms with E-state index in [9.17, 15) is 9.59 Å². The molecule has 7 heteroatoms. The van der Waals surface area contributed by atoms with Gasteiger partial charge in [-0.05, 0) is 35.9 Å². The van der Waals surface area contributed by atoms with Crippen molar-refractivity contribution in [1.29, 1.82) is 0 Å². The molecule has 4 rings (SSSR count). The molecule has 3 aromatic rings. The van der Waals surface area contributed by atoms with Crippen molar-refractivity contribution < 1.29 is 9.59 Å². The highest BCUT2D eigenvalue weighted by Gasteiger charge is 2.31. The molecule has 1 aliphatic heterocycles. The van der Waals surface area contributed by atoms with Crippen LogP contribution in [0, 0.1) is 0 Å². The lowest BCUT2D eigenvalue weighted by Gasteiger charge is -2.25. The number of imidazole rings is 1. The molecule has 0 spiro atoms. The van der Waals surface area contributed by atoms with Gasteiger partial charge in [-0.3, -0.25) is 14.0 Å². The third-order valence-corrected chi connectivity index (χ3v) is 4.32. The number of hydrogen-bond donors (Lipinski definition) is 2. The summed E-state index contributed by atoms with van der Waals surface area (Å²) in [4.78, 5) is 28.9. The molecular weight excluding hydrogens is 328 g/mol. The summed E-state index contributed by atoms with van der Waals surface area (Å²) < 4.78 is 1.79. The van der Waals surface area contributed by atoms with Crippen molar-refractivity contribution in [1.82, 2.24) is 14.7 Å². The van der Waals surface area contributed by atoms with Crippen LogP contribution in [0.3, 0.4) is 0 Å². The summed E-state index contributed by atoms with van der Waals surface area (Å²) in [6.07, 6.45) is 3.43. The number of nitrogens with zero attached hydrogens (tertiary/aromatic N) is 2. The van der Waals surface area contributed by atoms with Crippen molar-refractivity contribution >= 4 is 34.9 Å². The van der Waals surface area contributed by atoms with E-state index in [4.69, 9.17) is 11.6 Å². The van der Waals surface area contributed by atoms with Crippen LogP contribution in [0.5, 0.6) is 0 Å². The molecule has 0 saturated carbocycles. The van der Waals surface area contributed by atoms with Gasteiger partial charge >= 0.3 is 0 Å². The zero-order chi connectivity index (χ0) is 16.7. The molecule has 24 heavy (non-hydrogen) atoms. The highest BCUT2D eigenvalue weighted by Crippen LogP contribution is 2.28. The Balaban J connectivity index is 1.67. The Bertz CT molecular complexity index is 966. The molecule has 0 bridgehead atoms. The average molecular weight is 341 g/mol. The number of carbonyl (C=O) groups excluding carboxylic acids is 2. The molecule has 0 saturated heterocycles. The van der Waals surface area contributed by atoms with Crippen molar-refractivity contribution in [3.63, 3.8) is 0 Å². The largest absolute Gasteiger partial charge is 0.351 e. The van der Waals surface area contributed by atoms with E-state index in [-0.39, 0.29) is 18.4 Å². The topological polar surface area (TPSA) is 75.5 Å². The monoisotopic (exact) mass is 340 g/mol. The lowest BCUT2D eigenvalue weighted by atomic mass is 9.90. The lowest BCUT2D eigenvalue weighted by molar-refractivity contribution is -0.117. The Morgan fingerprint density at radius 2 is 2.21 bits per heavy atom. The van der Waals surface area contributed by atoms with Crippen LogP contribution in [0.25, 0.3) is 5.65 Å². The molecule has 2 aromatic heterocycles. The second-order valence-corrected chi connectivity index (χ2v) is 5.99. The van der Waals surface area contributed by atoms with E-state index >= 15 is 0 Å². The number of rotatable bonds is 2. The van der Waals surface area contributed by atoms with E-state index in [1.54, 1.807) is 28.8 Å². The van der Waals surface area contributed by atoms with Gasteiger partial charge in [0.25, 0.3) is 5.91 Å². The maximum absolute atomic E-state index is 12.7. The van der Waals surface area contributed by atoms with E-state index < -0.39 is 5.92 Å². The minimum absolute atomic E-state index is 0.194. The van der Waals surface area contributed by atoms with Crippen LogP contribution in [0.15, 0.2) is 48.8 Å². The first-order chi connectivity index (χ1) is 11.6. The molecule has 0 fully saturated rings. The van der Waals surface area contributed by atoms with Gasteiger partial charge in [0.2, 0.25) is 5.91 Å². The number of pyridine rings is 1. The van der Waals surface area contributed by atoms with Crippen LogP contribution in [0.2, 0.25) is 5.02 Å². The Labute approximate surface area is 142 Å². The summed E-state index contributed by atoms with van der Waals surface area (Å²) >= 11 is 6.04. The zero-order valence-corrected chi connectivity index (χ0v) is 13.2. The average Bonchev–Trinajstić information content (AvgIpc) is 2.98. The molecule has 120 valence electrons. The van der Waals surface area contributed by atoms with Gasteiger partial charge in [0, 0.05) is 23.3 Å². The highest BCUT2D eigenvalue weighted by atomic mass is 35.5. The summed E-state index contributed by atoms with van der Waals surface area (Å²) in [7, 11) is 0. The maximum Gasteiger partial charge on any atom is 0.251 e. The summed E-state index contributed by atoms with van der Waals surface area (Å²) in [6.45, 7) is 0.231. The minimum atomic E-state index is -0.509. The number of anilines is 1. The molecule has 0 aliphatic carbocycles. The zero-order valence-electron chi connectivity index (χ0n) is 12.5. The molecule has 0 radical (unpaired) electrons. The first-order valence-corrected chi connectivity index (χ1v) is 7.82. The van der Waals surface area contributed by atoms with Crippen LogP contribution in [0.4, 0.5) is 5.82 Å². The maximum atomic E-state index is 12.7. The Hall–Kier alpha value is -2.86. The van der Waals surface area contributed by atoms with E-state index in [2.05, 4.69) is 15.6 Å². The van der Waals surface area contributed by atoms with Gasteiger partial charge in [-0.15, -0.1) is 0 Å². The van der Waals surface area contributed by atoms with E-state index in [1.165, 1.54) is 0 Å². The van der Waals surface area contributed by atoms with Crippen LogP contribution < -0.4 is 10.6 Å². The number of carbonyl (C=O) groups is 2. The molecule has 1 aliphatic rings. The summed E-state index contributed by atoms with van der Waals surface area (Å²) in [5, 5.41) is 6.11. The highest BCUT2D eigenvalue weighted by molar-refractivity contribution is 6.30. The summed E-state index contributed by atoms with van der Waals surface area (Å²) in [5.74, 6) is -0.341. The molecule has 1 aromatic carbocycles. The number of benzene rings is 1. The number of amides is 2. The lowest BCUT2D eigenvalue weighted by Crippen LogP contribution is -2.40. The Morgan fingerprint density at radius 1 is 1.33 bits per heavy atom. The minimum Gasteiger partial charge on any atom is -0.351 e. The van der Waals surface area contributed by atoms with Gasteiger partial charge < -0.3 is 10.6 Å². The van der Waals surface area contributed by atoms with Crippen molar-refractivity contribution in [2.45, 2.75) is 5.92 Å². The predicted molar refractivity (Wildman–Crippen MR) is 90.3 cm³/mol. The Kier molecular flexibility index (Phi) is 3.46. The van der Waals surface area contributed by atoms with E-state index in [0.717, 1.165) is 5.65 Å². The van der Waals surface area contributed by atoms with Crippen molar-refractivity contribution in [3.8, 4) is 0 Å². The first-order valence-electron chi connectivity index (χ1n) is 7.44. The number of nitrogens with one attached hydrogen (secondary N) is 2. The van der Waals surface area contributed by atoms with Gasteiger partial charge in [-0.2, -0.15) is 0 Å². The van der Waals surface area contributed by atoms with Gasteiger partial charge in [-0.25, -0.2) is 4.98 Å². The number of hydrogen-bond acceptors (Lipinski definition) is 3. The van der Waals surface area contributed by atoms with Crippen LogP contribution in [-0.2, 0) is 4.79 Å². The van der Waals surface area contributed by atoms with Gasteiger partial charge in [0.05, 0.1) is 12.1 Å². The molecular formula is C17H13ClN4O2. The van der Waals surface area contributed by atoms with Crippen LogP contribution >= 0.6 is 11.6 Å². The van der Waals surface area contributed by atoms with E-state index in [1.807, 2.05) is 24.4 Å². The second-order valence-electron chi connectivity index (χ2n) is 5.56. The molecule has 6 nitrogen and oxygen atoms in total. The SMILES string of the molecule is O=C1NCC(C(=O)Nc2cnc3ccccn23)c2cc(Cl)ccc21. The predicted octanol–water partition coefficient (Wildman–Crippen LogP) is 2.45. The fraction of sp³-hybridized carbons (Fsp3) is 0.118. The Morgan fingerprint density at radius 3 is 3.08 bits per heavy atom. The smallest absolute Gasteiger partial charge is 0.251 e. The summed E-state index contributed by atoms with van der Waals surface area (Å²) in [5.41, 5.74) is 1.86.